The Morgan fingerprint density at radius 2 is 2.28 bits per heavy atom. The third-order valence-electron chi connectivity index (χ3n) is 3.38. The molecule has 1 aliphatic rings. The zero-order chi connectivity index (χ0) is 13.1. The molecule has 1 aromatic rings. The van der Waals surface area contributed by atoms with Gasteiger partial charge in [-0.25, -0.2) is 0 Å². The summed E-state index contributed by atoms with van der Waals surface area (Å²) in [6.45, 7) is 3.76. The first-order chi connectivity index (χ1) is 8.61. The predicted molar refractivity (Wildman–Crippen MR) is 81.3 cm³/mol. The summed E-state index contributed by atoms with van der Waals surface area (Å²) in [5, 5.41) is 0.978. The highest BCUT2D eigenvalue weighted by Gasteiger charge is 2.24. The molecule has 2 nitrogen and oxygen atoms in total. The lowest BCUT2D eigenvalue weighted by molar-refractivity contribution is 0.0685. The van der Waals surface area contributed by atoms with Gasteiger partial charge < -0.3 is 4.90 Å². The molecule has 0 saturated carbocycles. The molecule has 1 saturated heterocycles. The zero-order valence-corrected chi connectivity index (χ0v) is 13.6. The highest BCUT2D eigenvalue weighted by molar-refractivity contribution is 9.10. The number of amides is 1. The molecule has 4 heteroatoms. The first-order valence-electron chi connectivity index (χ1n) is 6.23. The van der Waals surface area contributed by atoms with Crippen LogP contribution in [0.15, 0.2) is 22.7 Å². The highest BCUT2D eigenvalue weighted by Crippen LogP contribution is 2.24. The van der Waals surface area contributed by atoms with Crippen molar-refractivity contribution in [1.29, 1.82) is 0 Å². The molecule has 1 heterocycles. The molecule has 1 aromatic carbocycles. The van der Waals surface area contributed by atoms with Gasteiger partial charge in [-0.2, -0.15) is 0 Å². The average molecular weight is 375 g/mol. The Kier molecular flexibility index (Phi) is 4.84. The highest BCUT2D eigenvalue weighted by atomic mass is 79.9. The number of carbonyl (C=O) groups is 1. The van der Waals surface area contributed by atoms with E-state index < -0.39 is 0 Å². The van der Waals surface area contributed by atoms with Crippen molar-refractivity contribution < 1.29 is 4.79 Å². The van der Waals surface area contributed by atoms with Crippen LogP contribution in [0.25, 0.3) is 0 Å². The number of piperidine rings is 1. The Morgan fingerprint density at radius 1 is 1.50 bits per heavy atom. The number of rotatable bonds is 2. The minimum atomic E-state index is 0.149. The quantitative estimate of drug-likeness (QED) is 0.716. The van der Waals surface area contributed by atoms with Crippen molar-refractivity contribution >= 4 is 37.8 Å². The molecule has 1 fully saturated rings. The lowest BCUT2D eigenvalue weighted by Crippen LogP contribution is -2.40. The Bertz CT molecular complexity index is 447. The Morgan fingerprint density at radius 3 is 3.00 bits per heavy atom. The minimum absolute atomic E-state index is 0.149. The van der Waals surface area contributed by atoms with Crippen LogP contribution in [0.4, 0.5) is 0 Å². The minimum Gasteiger partial charge on any atom is -0.338 e. The van der Waals surface area contributed by atoms with Crippen LogP contribution < -0.4 is 0 Å². The van der Waals surface area contributed by atoms with Gasteiger partial charge in [0.2, 0.25) is 0 Å². The van der Waals surface area contributed by atoms with Gasteiger partial charge in [-0.1, -0.05) is 27.6 Å². The lowest BCUT2D eigenvalue weighted by atomic mass is 9.99. The Hall–Kier alpha value is -0.350. The summed E-state index contributed by atoms with van der Waals surface area (Å²) in [5.74, 6) is 0.738. The number of nitrogens with zero attached hydrogens (tertiary/aromatic N) is 1. The number of hydrogen-bond acceptors (Lipinski definition) is 1. The van der Waals surface area contributed by atoms with Crippen molar-refractivity contribution in [3.63, 3.8) is 0 Å². The monoisotopic (exact) mass is 373 g/mol. The van der Waals surface area contributed by atoms with Crippen LogP contribution in [0.3, 0.4) is 0 Å². The summed E-state index contributed by atoms with van der Waals surface area (Å²) < 4.78 is 0.888. The van der Waals surface area contributed by atoms with Gasteiger partial charge in [0.1, 0.15) is 0 Å². The summed E-state index contributed by atoms with van der Waals surface area (Å²) in [5.41, 5.74) is 1.90. The van der Waals surface area contributed by atoms with E-state index in [0.29, 0.717) is 5.92 Å². The van der Waals surface area contributed by atoms with Gasteiger partial charge in [-0.3, -0.25) is 4.79 Å². The molecule has 0 aliphatic carbocycles. The van der Waals surface area contributed by atoms with E-state index in [1.165, 1.54) is 6.42 Å². The lowest BCUT2D eigenvalue weighted by Gasteiger charge is -2.32. The first kappa shape index (κ1) is 14.1. The third kappa shape index (κ3) is 3.15. The van der Waals surface area contributed by atoms with E-state index in [-0.39, 0.29) is 5.91 Å². The van der Waals surface area contributed by atoms with Gasteiger partial charge in [0.15, 0.2) is 0 Å². The van der Waals surface area contributed by atoms with Gasteiger partial charge >= 0.3 is 0 Å². The number of alkyl halides is 1. The summed E-state index contributed by atoms with van der Waals surface area (Å²) in [6, 6.07) is 5.93. The van der Waals surface area contributed by atoms with Crippen molar-refractivity contribution in [3.8, 4) is 0 Å². The maximum absolute atomic E-state index is 12.5. The second-order valence-electron chi connectivity index (χ2n) is 4.90. The maximum Gasteiger partial charge on any atom is 0.255 e. The average Bonchev–Trinajstić information content (AvgIpc) is 2.41. The standard InChI is InChI=1S/C14H17Br2NO/c1-10-4-5-13(16)12(7-10)14(18)17-6-2-3-11(8-15)9-17/h4-5,7,11H,2-3,6,8-9H2,1H3. The molecule has 0 aromatic heterocycles. The van der Waals surface area contributed by atoms with Gasteiger partial charge in [-0.05, 0) is 53.7 Å². The number of halogens is 2. The summed E-state index contributed by atoms with van der Waals surface area (Å²) in [7, 11) is 0. The molecule has 98 valence electrons. The fourth-order valence-corrected chi connectivity index (χ4v) is 3.29. The van der Waals surface area contributed by atoms with E-state index in [0.717, 1.165) is 40.4 Å². The predicted octanol–water partition coefficient (Wildman–Crippen LogP) is 4.00. The largest absolute Gasteiger partial charge is 0.338 e. The number of aryl methyl sites for hydroxylation is 1. The fraction of sp³-hybridized carbons (Fsp3) is 0.500. The molecule has 2 rings (SSSR count). The zero-order valence-electron chi connectivity index (χ0n) is 10.5. The molecular weight excluding hydrogens is 358 g/mol. The van der Waals surface area contributed by atoms with Gasteiger partial charge in [0.25, 0.3) is 5.91 Å². The molecule has 1 aliphatic heterocycles. The van der Waals surface area contributed by atoms with Crippen molar-refractivity contribution in [2.24, 2.45) is 5.92 Å². The molecular formula is C14H17Br2NO. The van der Waals surface area contributed by atoms with Crippen molar-refractivity contribution in [2.45, 2.75) is 19.8 Å². The topological polar surface area (TPSA) is 20.3 Å². The molecule has 0 N–H and O–H groups in total. The SMILES string of the molecule is Cc1ccc(Br)c(C(=O)N2CCCC(CBr)C2)c1. The maximum atomic E-state index is 12.5. The van der Waals surface area contributed by atoms with Gasteiger partial charge in [-0.15, -0.1) is 0 Å². The molecule has 1 amide bonds. The van der Waals surface area contributed by atoms with E-state index in [1.807, 2.05) is 30.0 Å². The van der Waals surface area contributed by atoms with Crippen LogP contribution in [0.2, 0.25) is 0 Å². The Labute approximate surface area is 125 Å². The molecule has 0 spiro atoms. The number of likely N-dealkylation sites (tertiary alicyclic amines) is 1. The van der Waals surface area contributed by atoms with E-state index in [1.54, 1.807) is 0 Å². The van der Waals surface area contributed by atoms with Crippen molar-refractivity contribution in [1.82, 2.24) is 4.90 Å². The van der Waals surface area contributed by atoms with E-state index in [4.69, 9.17) is 0 Å². The number of hydrogen-bond donors (Lipinski definition) is 0. The van der Waals surface area contributed by atoms with Crippen LogP contribution >= 0.6 is 31.9 Å². The van der Waals surface area contributed by atoms with Crippen molar-refractivity contribution in [2.75, 3.05) is 18.4 Å². The first-order valence-corrected chi connectivity index (χ1v) is 8.14. The number of benzene rings is 1. The molecule has 0 radical (unpaired) electrons. The van der Waals surface area contributed by atoms with Crippen LogP contribution in [0.5, 0.6) is 0 Å². The van der Waals surface area contributed by atoms with Gasteiger partial charge in [0.05, 0.1) is 5.56 Å². The smallest absolute Gasteiger partial charge is 0.255 e. The molecule has 18 heavy (non-hydrogen) atoms. The van der Waals surface area contributed by atoms with Crippen molar-refractivity contribution in [3.05, 3.63) is 33.8 Å². The van der Waals surface area contributed by atoms with Crippen LogP contribution in [-0.2, 0) is 0 Å². The Balaban J connectivity index is 2.17. The number of carbonyl (C=O) groups excluding carboxylic acids is 1. The van der Waals surface area contributed by atoms with E-state index in [9.17, 15) is 4.79 Å². The normalized spacial score (nSPS) is 19.9. The van der Waals surface area contributed by atoms with Gasteiger partial charge in [0, 0.05) is 22.9 Å². The molecule has 0 bridgehead atoms. The molecule has 1 unspecified atom stereocenters. The van der Waals surface area contributed by atoms with E-state index in [2.05, 4.69) is 31.9 Å². The summed E-state index contributed by atoms with van der Waals surface area (Å²) in [4.78, 5) is 14.5. The third-order valence-corrected chi connectivity index (χ3v) is 4.98. The fourth-order valence-electron chi connectivity index (χ4n) is 2.35. The summed E-state index contributed by atoms with van der Waals surface area (Å²) >= 11 is 7.00. The van der Waals surface area contributed by atoms with Crippen LogP contribution in [0, 0.1) is 12.8 Å². The second-order valence-corrected chi connectivity index (χ2v) is 6.40. The summed E-state index contributed by atoms with van der Waals surface area (Å²) in [6.07, 6.45) is 2.31. The second kappa shape index (κ2) is 6.20. The van der Waals surface area contributed by atoms with Crippen LogP contribution in [-0.4, -0.2) is 29.2 Å². The van der Waals surface area contributed by atoms with E-state index >= 15 is 0 Å². The molecule has 1 atom stereocenters. The van der Waals surface area contributed by atoms with Crippen LogP contribution in [0.1, 0.15) is 28.8 Å².